The van der Waals surface area contributed by atoms with Gasteiger partial charge in [0, 0.05) is 45.0 Å². The van der Waals surface area contributed by atoms with Gasteiger partial charge in [0.2, 0.25) is 10.0 Å². The Morgan fingerprint density at radius 3 is 2.65 bits per heavy atom. The zero-order valence-electron chi connectivity index (χ0n) is 13.5. The predicted octanol–water partition coefficient (Wildman–Crippen LogP) is 1.75. The average molecular weight is 344 g/mol. The van der Waals surface area contributed by atoms with Crippen molar-refractivity contribution in [3.63, 3.8) is 0 Å². The van der Waals surface area contributed by atoms with Crippen LogP contribution in [0.2, 0.25) is 0 Å². The van der Waals surface area contributed by atoms with E-state index in [0.717, 1.165) is 25.9 Å². The average Bonchev–Trinajstić information content (AvgIpc) is 2.51. The first-order valence-corrected chi connectivity index (χ1v) is 9.60. The molecule has 0 saturated carbocycles. The number of hydrogen-bond donors (Lipinski definition) is 1. The molecule has 23 heavy (non-hydrogen) atoms. The molecule has 0 aliphatic carbocycles. The number of halogens is 1. The van der Waals surface area contributed by atoms with Crippen LogP contribution in [0.15, 0.2) is 24.3 Å². The van der Waals surface area contributed by atoms with E-state index in [2.05, 4.69) is 9.62 Å². The summed E-state index contributed by atoms with van der Waals surface area (Å²) >= 11 is 0. The van der Waals surface area contributed by atoms with Crippen molar-refractivity contribution in [1.82, 2.24) is 9.62 Å². The van der Waals surface area contributed by atoms with Crippen LogP contribution in [-0.4, -0.2) is 51.9 Å². The minimum Gasteiger partial charge on any atom is -0.385 e. The molecule has 0 spiro atoms. The minimum absolute atomic E-state index is 0.0283. The Balaban J connectivity index is 1.76. The lowest BCUT2D eigenvalue weighted by atomic mass is 10.1. The van der Waals surface area contributed by atoms with Crippen LogP contribution in [0.25, 0.3) is 0 Å². The fraction of sp³-hybridized carbons (Fsp3) is 0.625. The molecule has 0 radical (unpaired) electrons. The van der Waals surface area contributed by atoms with Gasteiger partial charge in [-0.1, -0.05) is 18.2 Å². The first-order chi connectivity index (χ1) is 11.0. The molecule has 0 aromatic heterocycles. The molecule has 1 aromatic rings. The van der Waals surface area contributed by atoms with Crippen molar-refractivity contribution in [2.45, 2.75) is 31.8 Å². The maximum Gasteiger partial charge on any atom is 0.211 e. The molecule has 0 atom stereocenters. The highest BCUT2D eigenvalue weighted by Crippen LogP contribution is 2.16. The van der Waals surface area contributed by atoms with Crippen LogP contribution in [0.1, 0.15) is 24.8 Å². The SMILES string of the molecule is COCCCS(=O)(=O)NC1CCN(Cc2ccccc2F)CC1. The van der Waals surface area contributed by atoms with Crippen LogP contribution >= 0.6 is 0 Å². The number of benzene rings is 1. The van der Waals surface area contributed by atoms with Crippen molar-refractivity contribution < 1.29 is 17.5 Å². The fourth-order valence-corrected chi connectivity index (χ4v) is 4.14. The summed E-state index contributed by atoms with van der Waals surface area (Å²) in [4.78, 5) is 2.16. The number of rotatable bonds is 8. The summed E-state index contributed by atoms with van der Waals surface area (Å²) in [6, 6.07) is 6.75. The maximum absolute atomic E-state index is 13.7. The van der Waals surface area contributed by atoms with Gasteiger partial charge in [-0.2, -0.15) is 0 Å². The van der Waals surface area contributed by atoms with Crippen LogP contribution in [0.5, 0.6) is 0 Å². The van der Waals surface area contributed by atoms with E-state index in [0.29, 0.717) is 25.1 Å². The number of nitrogens with zero attached hydrogens (tertiary/aromatic N) is 1. The first kappa shape index (κ1) is 18.3. The highest BCUT2D eigenvalue weighted by molar-refractivity contribution is 7.89. The van der Waals surface area contributed by atoms with E-state index in [1.54, 1.807) is 19.2 Å². The standard InChI is InChI=1S/C16H25FN2O3S/c1-22-11-4-12-23(20,21)18-15-7-9-19(10-8-15)13-14-5-2-3-6-16(14)17/h2-3,5-6,15,18H,4,7-13H2,1H3. The van der Waals surface area contributed by atoms with Crippen LogP contribution in [0, 0.1) is 5.82 Å². The van der Waals surface area contributed by atoms with Gasteiger partial charge in [-0.25, -0.2) is 17.5 Å². The second kappa shape index (κ2) is 8.73. The number of methoxy groups -OCH3 is 1. The van der Waals surface area contributed by atoms with Gasteiger partial charge in [0.15, 0.2) is 0 Å². The number of ether oxygens (including phenoxy) is 1. The summed E-state index contributed by atoms with van der Waals surface area (Å²) in [6.07, 6.45) is 1.99. The summed E-state index contributed by atoms with van der Waals surface area (Å²) in [7, 11) is -1.68. The molecule has 1 aliphatic heterocycles. The summed E-state index contributed by atoms with van der Waals surface area (Å²) in [6.45, 7) is 2.54. The summed E-state index contributed by atoms with van der Waals surface area (Å²) < 4.78 is 45.2. The molecule has 2 rings (SSSR count). The Morgan fingerprint density at radius 2 is 2.00 bits per heavy atom. The lowest BCUT2D eigenvalue weighted by Gasteiger charge is -2.32. The fourth-order valence-electron chi connectivity index (χ4n) is 2.78. The number of hydrogen-bond acceptors (Lipinski definition) is 4. The minimum atomic E-state index is -3.25. The Bertz CT molecular complexity index is 587. The quantitative estimate of drug-likeness (QED) is 0.730. The lowest BCUT2D eigenvalue weighted by Crippen LogP contribution is -2.45. The van der Waals surface area contributed by atoms with Crippen molar-refractivity contribution in [2.75, 3.05) is 32.6 Å². The summed E-state index contributed by atoms with van der Waals surface area (Å²) in [5, 5.41) is 0. The number of likely N-dealkylation sites (tertiary alicyclic amines) is 1. The van der Waals surface area contributed by atoms with E-state index < -0.39 is 10.0 Å². The van der Waals surface area contributed by atoms with E-state index in [-0.39, 0.29) is 17.6 Å². The number of nitrogens with one attached hydrogen (secondary N) is 1. The van der Waals surface area contributed by atoms with Gasteiger partial charge >= 0.3 is 0 Å². The monoisotopic (exact) mass is 344 g/mol. The zero-order chi connectivity index (χ0) is 16.7. The molecule has 1 aliphatic rings. The normalized spacial score (nSPS) is 17.5. The molecule has 1 aromatic carbocycles. The van der Waals surface area contributed by atoms with Crippen LogP contribution < -0.4 is 4.72 Å². The Morgan fingerprint density at radius 1 is 1.30 bits per heavy atom. The summed E-state index contributed by atoms with van der Waals surface area (Å²) in [5.74, 6) is -0.0931. The molecule has 0 bridgehead atoms. The van der Waals surface area contributed by atoms with E-state index in [1.807, 2.05) is 6.07 Å². The molecule has 7 heteroatoms. The van der Waals surface area contributed by atoms with Crippen molar-refractivity contribution in [1.29, 1.82) is 0 Å². The molecular weight excluding hydrogens is 319 g/mol. The van der Waals surface area contributed by atoms with Gasteiger partial charge in [0.1, 0.15) is 5.82 Å². The van der Waals surface area contributed by atoms with Gasteiger partial charge in [0.05, 0.1) is 5.75 Å². The Kier molecular flexibility index (Phi) is 6.95. The van der Waals surface area contributed by atoms with Crippen LogP contribution in [0.3, 0.4) is 0 Å². The van der Waals surface area contributed by atoms with Crippen LogP contribution in [0.4, 0.5) is 4.39 Å². The van der Waals surface area contributed by atoms with Crippen molar-refractivity contribution in [2.24, 2.45) is 0 Å². The molecule has 5 nitrogen and oxygen atoms in total. The predicted molar refractivity (Wildman–Crippen MR) is 88.1 cm³/mol. The van der Waals surface area contributed by atoms with Crippen molar-refractivity contribution in [3.8, 4) is 0 Å². The van der Waals surface area contributed by atoms with Gasteiger partial charge in [-0.15, -0.1) is 0 Å². The second-order valence-corrected chi connectivity index (χ2v) is 7.80. The second-order valence-electron chi connectivity index (χ2n) is 5.92. The molecular formula is C16H25FN2O3S. The third-order valence-corrected chi connectivity index (χ3v) is 5.57. The van der Waals surface area contributed by atoms with E-state index in [4.69, 9.17) is 4.74 Å². The first-order valence-electron chi connectivity index (χ1n) is 7.95. The molecule has 130 valence electrons. The van der Waals surface area contributed by atoms with Gasteiger partial charge in [-0.05, 0) is 25.3 Å². The maximum atomic E-state index is 13.7. The summed E-state index contributed by atoms with van der Waals surface area (Å²) in [5.41, 5.74) is 0.686. The van der Waals surface area contributed by atoms with Crippen LogP contribution in [-0.2, 0) is 21.3 Å². The molecule has 1 saturated heterocycles. The van der Waals surface area contributed by atoms with E-state index in [1.165, 1.54) is 6.07 Å². The topological polar surface area (TPSA) is 58.6 Å². The smallest absolute Gasteiger partial charge is 0.211 e. The zero-order valence-corrected chi connectivity index (χ0v) is 14.3. The lowest BCUT2D eigenvalue weighted by molar-refractivity contribution is 0.196. The molecule has 1 N–H and O–H groups in total. The Hall–Kier alpha value is -1.02. The number of sulfonamides is 1. The van der Waals surface area contributed by atoms with Crippen molar-refractivity contribution in [3.05, 3.63) is 35.6 Å². The third-order valence-electron chi connectivity index (χ3n) is 4.05. The van der Waals surface area contributed by atoms with E-state index >= 15 is 0 Å². The van der Waals surface area contributed by atoms with E-state index in [9.17, 15) is 12.8 Å². The highest BCUT2D eigenvalue weighted by Gasteiger charge is 2.23. The molecule has 1 heterocycles. The van der Waals surface area contributed by atoms with Gasteiger partial charge < -0.3 is 4.74 Å². The van der Waals surface area contributed by atoms with Gasteiger partial charge in [0.25, 0.3) is 0 Å². The molecule has 0 unspecified atom stereocenters. The largest absolute Gasteiger partial charge is 0.385 e. The highest BCUT2D eigenvalue weighted by atomic mass is 32.2. The molecule has 0 amide bonds. The number of piperidine rings is 1. The third kappa shape index (κ3) is 6.18. The Labute approximate surface area is 137 Å². The van der Waals surface area contributed by atoms with Crippen molar-refractivity contribution >= 4 is 10.0 Å². The van der Waals surface area contributed by atoms with Gasteiger partial charge in [-0.3, -0.25) is 4.90 Å². The molecule has 1 fully saturated rings.